The number of hydrogen-bond donors (Lipinski definition) is 0. The first-order valence-corrected chi connectivity index (χ1v) is 9.12. The van der Waals surface area contributed by atoms with E-state index < -0.39 is 0 Å². The summed E-state index contributed by atoms with van der Waals surface area (Å²) in [5.41, 5.74) is 0.827. The van der Waals surface area contributed by atoms with E-state index in [1.165, 1.54) is 36.3 Å². The van der Waals surface area contributed by atoms with E-state index in [4.69, 9.17) is 0 Å². The van der Waals surface area contributed by atoms with Crippen LogP contribution in [0.4, 0.5) is 9.52 Å². The lowest BCUT2D eigenvalue weighted by Crippen LogP contribution is -2.54. The van der Waals surface area contributed by atoms with Crippen molar-refractivity contribution in [3.8, 4) is 0 Å². The highest BCUT2D eigenvalue weighted by atomic mass is 32.1. The van der Waals surface area contributed by atoms with Gasteiger partial charge < -0.3 is 9.80 Å². The fourth-order valence-corrected chi connectivity index (χ4v) is 4.37. The number of thiazole rings is 1. The predicted molar refractivity (Wildman–Crippen MR) is 90.3 cm³/mol. The SMILES string of the molecule is O=C(C1CN(c2nc3ccc(F)cc3s2)C1)N1CCCCCC1. The zero-order valence-electron chi connectivity index (χ0n) is 13.0. The summed E-state index contributed by atoms with van der Waals surface area (Å²) >= 11 is 1.50. The highest BCUT2D eigenvalue weighted by Crippen LogP contribution is 2.33. The van der Waals surface area contributed by atoms with Gasteiger partial charge in [0.15, 0.2) is 5.13 Å². The normalized spacial score (nSPS) is 19.7. The van der Waals surface area contributed by atoms with Crippen molar-refractivity contribution in [3.05, 3.63) is 24.0 Å². The Labute approximate surface area is 138 Å². The first-order chi connectivity index (χ1) is 11.2. The van der Waals surface area contributed by atoms with Crippen molar-refractivity contribution in [1.29, 1.82) is 0 Å². The molecule has 0 bridgehead atoms. The highest BCUT2D eigenvalue weighted by Gasteiger charge is 2.36. The third-order valence-corrected chi connectivity index (χ3v) is 5.84. The van der Waals surface area contributed by atoms with Crippen molar-refractivity contribution in [3.63, 3.8) is 0 Å². The molecule has 0 atom stereocenters. The van der Waals surface area contributed by atoms with Crippen LogP contribution in [0.2, 0.25) is 0 Å². The van der Waals surface area contributed by atoms with Crippen molar-refractivity contribution < 1.29 is 9.18 Å². The highest BCUT2D eigenvalue weighted by molar-refractivity contribution is 7.22. The van der Waals surface area contributed by atoms with Crippen molar-refractivity contribution >= 4 is 32.6 Å². The number of fused-ring (bicyclic) bond motifs is 1. The van der Waals surface area contributed by atoms with Crippen LogP contribution in [0, 0.1) is 11.7 Å². The summed E-state index contributed by atoms with van der Waals surface area (Å²) in [6.45, 7) is 3.29. The standard InChI is InChI=1S/C17H20FN3OS/c18-13-5-6-14-15(9-13)23-17(19-14)21-10-12(11-21)16(22)20-7-3-1-2-4-8-20/h5-6,9,12H,1-4,7-8,10-11H2. The van der Waals surface area contributed by atoms with Crippen LogP contribution in [-0.2, 0) is 4.79 Å². The lowest BCUT2D eigenvalue weighted by atomic mass is 9.99. The summed E-state index contributed by atoms with van der Waals surface area (Å²) in [6.07, 6.45) is 4.74. The third kappa shape index (κ3) is 2.92. The quantitative estimate of drug-likeness (QED) is 0.846. The summed E-state index contributed by atoms with van der Waals surface area (Å²) in [4.78, 5) is 21.3. The van der Waals surface area contributed by atoms with Crippen LogP contribution in [0.3, 0.4) is 0 Å². The molecule has 0 N–H and O–H groups in total. The number of benzene rings is 1. The number of hydrogen-bond acceptors (Lipinski definition) is 4. The van der Waals surface area contributed by atoms with Crippen molar-refractivity contribution in [2.75, 3.05) is 31.1 Å². The Morgan fingerprint density at radius 3 is 2.65 bits per heavy atom. The Morgan fingerprint density at radius 1 is 1.17 bits per heavy atom. The molecular weight excluding hydrogens is 313 g/mol. The second-order valence-electron chi connectivity index (χ2n) is 6.45. The molecule has 4 rings (SSSR count). The molecule has 6 heteroatoms. The maximum Gasteiger partial charge on any atom is 0.229 e. The molecule has 0 saturated carbocycles. The predicted octanol–water partition coefficient (Wildman–Crippen LogP) is 3.27. The molecule has 2 aliphatic rings. The van der Waals surface area contributed by atoms with Crippen LogP contribution in [0.25, 0.3) is 10.2 Å². The molecule has 2 saturated heterocycles. The molecule has 1 amide bonds. The van der Waals surface area contributed by atoms with Gasteiger partial charge in [-0.3, -0.25) is 4.79 Å². The van der Waals surface area contributed by atoms with Gasteiger partial charge in [-0.2, -0.15) is 0 Å². The zero-order valence-corrected chi connectivity index (χ0v) is 13.8. The monoisotopic (exact) mass is 333 g/mol. The van der Waals surface area contributed by atoms with Crippen LogP contribution in [0.1, 0.15) is 25.7 Å². The first kappa shape index (κ1) is 14.9. The smallest absolute Gasteiger partial charge is 0.229 e. The van der Waals surface area contributed by atoms with Crippen LogP contribution in [-0.4, -0.2) is 42.0 Å². The van der Waals surface area contributed by atoms with Gasteiger partial charge in [-0.1, -0.05) is 24.2 Å². The molecule has 4 nitrogen and oxygen atoms in total. The zero-order chi connectivity index (χ0) is 15.8. The first-order valence-electron chi connectivity index (χ1n) is 8.30. The number of rotatable bonds is 2. The Bertz CT molecular complexity index is 718. The van der Waals surface area contributed by atoms with Crippen LogP contribution < -0.4 is 4.90 Å². The molecule has 1 aromatic heterocycles. The topological polar surface area (TPSA) is 36.4 Å². The molecule has 0 aliphatic carbocycles. The van der Waals surface area contributed by atoms with Gasteiger partial charge in [-0.25, -0.2) is 9.37 Å². The van der Waals surface area contributed by atoms with Crippen LogP contribution >= 0.6 is 11.3 Å². The molecule has 1 aromatic carbocycles. The minimum absolute atomic E-state index is 0.0943. The van der Waals surface area contributed by atoms with E-state index in [0.29, 0.717) is 5.91 Å². The summed E-state index contributed by atoms with van der Waals surface area (Å²) in [5.74, 6) is 0.165. The van der Waals surface area contributed by atoms with Gasteiger partial charge in [0.05, 0.1) is 16.1 Å². The minimum atomic E-state index is -0.231. The minimum Gasteiger partial charge on any atom is -0.346 e. The van der Waals surface area contributed by atoms with E-state index in [0.717, 1.165) is 54.4 Å². The van der Waals surface area contributed by atoms with Crippen molar-refractivity contribution in [2.45, 2.75) is 25.7 Å². The Morgan fingerprint density at radius 2 is 1.91 bits per heavy atom. The van der Waals surface area contributed by atoms with Gasteiger partial charge in [-0.05, 0) is 31.0 Å². The van der Waals surface area contributed by atoms with E-state index in [1.807, 2.05) is 4.90 Å². The number of anilines is 1. The lowest BCUT2D eigenvalue weighted by Gasteiger charge is -2.40. The number of carbonyl (C=O) groups is 1. The molecule has 0 unspecified atom stereocenters. The molecular formula is C17H20FN3OS. The molecule has 122 valence electrons. The third-order valence-electron chi connectivity index (χ3n) is 4.76. The van der Waals surface area contributed by atoms with Gasteiger partial charge >= 0.3 is 0 Å². The molecule has 2 aromatic rings. The Kier molecular flexibility index (Phi) is 3.93. The number of amides is 1. The largest absolute Gasteiger partial charge is 0.346 e. The van der Waals surface area contributed by atoms with E-state index in [-0.39, 0.29) is 11.7 Å². The van der Waals surface area contributed by atoms with Gasteiger partial charge in [0, 0.05) is 26.2 Å². The fraction of sp³-hybridized carbons (Fsp3) is 0.529. The van der Waals surface area contributed by atoms with E-state index in [1.54, 1.807) is 6.07 Å². The summed E-state index contributed by atoms with van der Waals surface area (Å²) in [7, 11) is 0. The van der Waals surface area contributed by atoms with Gasteiger partial charge in [0.25, 0.3) is 0 Å². The van der Waals surface area contributed by atoms with E-state index in [2.05, 4.69) is 9.88 Å². The van der Waals surface area contributed by atoms with Crippen molar-refractivity contribution in [2.24, 2.45) is 5.92 Å². The Balaban J connectivity index is 1.40. The number of nitrogens with zero attached hydrogens (tertiary/aromatic N) is 3. The van der Waals surface area contributed by atoms with Crippen LogP contribution in [0.15, 0.2) is 18.2 Å². The van der Waals surface area contributed by atoms with E-state index >= 15 is 0 Å². The second kappa shape index (κ2) is 6.07. The van der Waals surface area contributed by atoms with Crippen LogP contribution in [0.5, 0.6) is 0 Å². The van der Waals surface area contributed by atoms with Gasteiger partial charge in [0.1, 0.15) is 5.82 Å². The summed E-state index contributed by atoms with van der Waals surface area (Å²) in [6, 6.07) is 4.67. The number of halogens is 1. The molecule has 0 radical (unpaired) electrons. The van der Waals surface area contributed by atoms with E-state index in [9.17, 15) is 9.18 Å². The maximum absolute atomic E-state index is 13.3. The van der Waals surface area contributed by atoms with Crippen molar-refractivity contribution in [1.82, 2.24) is 9.88 Å². The Hall–Kier alpha value is -1.69. The van der Waals surface area contributed by atoms with Gasteiger partial charge in [0.2, 0.25) is 5.91 Å². The molecule has 3 heterocycles. The second-order valence-corrected chi connectivity index (χ2v) is 7.46. The number of aromatic nitrogens is 1. The van der Waals surface area contributed by atoms with Gasteiger partial charge in [-0.15, -0.1) is 0 Å². The summed E-state index contributed by atoms with van der Waals surface area (Å²) < 4.78 is 14.1. The summed E-state index contributed by atoms with van der Waals surface area (Å²) in [5, 5.41) is 0.894. The lowest BCUT2D eigenvalue weighted by molar-refractivity contribution is -0.136. The maximum atomic E-state index is 13.3. The number of likely N-dealkylation sites (tertiary alicyclic amines) is 1. The average molecular weight is 333 g/mol. The average Bonchev–Trinajstić information content (AvgIpc) is 2.71. The number of carbonyl (C=O) groups excluding carboxylic acids is 1. The fourth-order valence-electron chi connectivity index (χ4n) is 3.36. The molecule has 23 heavy (non-hydrogen) atoms. The molecule has 2 aliphatic heterocycles. The molecule has 2 fully saturated rings. The molecule has 0 spiro atoms.